The van der Waals surface area contributed by atoms with Gasteiger partial charge in [0.25, 0.3) is 0 Å². The molecule has 0 aromatic heterocycles. The Hall–Kier alpha value is -1.75. The smallest absolute Gasteiger partial charge is 0.231 e. The van der Waals surface area contributed by atoms with Crippen molar-refractivity contribution in [1.82, 2.24) is 0 Å². The molecular formula is C12H16N2O3. The number of ether oxygens (including phenoxy) is 2. The number of carbonyl (C=O) groups is 1. The molecule has 2 rings (SSSR count). The summed E-state index contributed by atoms with van der Waals surface area (Å²) in [6.45, 7) is 3.83. The molecule has 2 unspecified atom stereocenters. The normalized spacial score (nSPS) is 16.4. The summed E-state index contributed by atoms with van der Waals surface area (Å²) >= 11 is 0. The van der Waals surface area contributed by atoms with Gasteiger partial charge in [-0.05, 0) is 19.1 Å². The van der Waals surface area contributed by atoms with Crippen molar-refractivity contribution >= 4 is 11.6 Å². The zero-order chi connectivity index (χ0) is 12.4. The van der Waals surface area contributed by atoms with Crippen molar-refractivity contribution in [1.29, 1.82) is 0 Å². The maximum Gasteiger partial charge on any atom is 0.231 e. The Morgan fingerprint density at radius 3 is 2.76 bits per heavy atom. The summed E-state index contributed by atoms with van der Waals surface area (Å²) in [6.07, 6.45) is 0. The largest absolute Gasteiger partial charge is 0.454 e. The monoisotopic (exact) mass is 236 g/mol. The predicted molar refractivity (Wildman–Crippen MR) is 64.0 cm³/mol. The Bertz CT molecular complexity index is 432. The zero-order valence-corrected chi connectivity index (χ0v) is 9.90. The van der Waals surface area contributed by atoms with Crippen molar-refractivity contribution < 1.29 is 14.3 Å². The first-order valence-electron chi connectivity index (χ1n) is 5.54. The van der Waals surface area contributed by atoms with Crippen LogP contribution in [0.2, 0.25) is 0 Å². The van der Waals surface area contributed by atoms with Crippen molar-refractivity contribution in [2.75, 3.05) is 12.1 Å². The second-order valence-electron chi connectivity index (χ2n) is 4.21. The van der Waals surface area contributed by atoms with E-state index >= 15 is 0 Å². The van der Waals surface area contributed by atoms with E-state index in [9.17, 15) is 4.79 Å². The molecule has 3 N–H and O–H groups in total. The van der Waals surface area contributed by atoms with E-state index in [4.69, 9.17) is 15.2 Å². The van der Waals surface area contributed by atoms with Crippen molar-refractivity contribution in [3.63, 3.8) is 0 Å². The van der Waals surface area contributed by atoms with Crippen LogP contribution in [0, 0.1) is 5.92 Å². The summed E-state index contributed by atoms with van der Waals surface area (Å²) in [6, 6.07) is 5.12. The molecule has 17 heavy (non-hydrogen) atoms. The minimum absolute atomic E-state index is 0.0983. The number of rotatable bonds is 3. The molecule has 0 fully saturated rings. The van der Waals surface area contributed by atoms with Gasteiger partial charge < -0.3 is 20.5 Å². The van der Waals surface area contributed by atoms with Crippen LogP contribution in [0.3, 0.4) is 0 Å². The van der Waals surface area contributed by atoms with Gasteiger partial charge in [0.2, 0.25) is 12.7 Å². The number of nitrogens with one attached hydrogen (secondary N) is 1. The lowest BCUT2D eigenvalue weighted by molar-refractivity contribution is -0.119. The Labute approximate surface area is 99.9 Å². The number of nitrogens with two attached hydrogens (primary N) is 1. The standard InChI is InChI=1S/C12H16N2O3/c1-7(8(2)13)12(15)14-9-3-4-10-11(5-9)17-6-16-10/h3-5,7-8H,6,13H2,1-2H3,(H,14,15). The third-order valence-corrected chi connectivity index (χ3v) is 2.84. The van der Waals surface area contributed by atoms with E-state index in [1.165, 1.54) is 0 Å². The van der Waals surface area contributed by atoms with Gasteiger partial charge >= 0.3 is 0 Å². The minimum Gasteiger partial charge on any atom is -0.454 e. The highest BCUT2D eigenvalue weighted by atomic mass is 16.7. The van der Waals surface area contributed by atoms with Gasteiger partial charge in [-0.15, -0.1) is 0 Å². The van der Waals surface area contributed by atoms with Crippen LogP contribution in [0.15, 0.2) is 18.2 Å². The Kier molecular flexibility index (Phi) is 3.19. The van der Waals surface area contributed by atoms with E-state index < -0.39 is 0 Å². The van der Waals surface area contributed by atoms with Gasteiger partial charge in [0.05, 0.1) is 5.92 Å². The van der Waals surface area contributed by atoms with E-state index in [0.29, 0.717) is 17.2 Å². The fourth-order valence-corrected chi connectivity index (χ4v) is 1.47. The molecule has 92 valence electrons. The first kappa shape index (κ1) is 11.7. The predicted octanol–water partition coefficient (Wildman–Crippen LogP) is 1.34. The van der Waals surface area contributed by atoms with Crippen molar-refractivity contribution in [3.8, 4) is 11.5 Å². The fourth-order valence-electron chi connectivity index (χ4n) is 1.47. The average Bonchev–Trinajstić information content (AvgIpc) is 2.74. The fraction of sp³-hybridized carbons (Fsp3) is 0.417. The summed E-state index contributed by atoms with van der Waals surface area (Å²) in [4.78, 5) is 11.8. The number of benzene rings is 1. The SMILES string of the molecule is CC(N)C(C)C(=O)Nc1ccc2c(c1)OCO2. The van der Waals surface area contributed by atoms with E-state index in [0.717, 1.165) is 0 Å². The van der Waals surface area contributed by atoms with Crippen LogP contribution in [0.4, 0.5) is 5.69 Å². The molecule has 1 aliphatic rings. The van der Waals surface area contributed by atoms with E-state index in [1.807, 2.05) is 6.92 Å². The van der Waals surface area contributed by atoms with Crippen molar-refractivity contribution in [2.24, 2.45) is 11.7 Å². The highest BCUT2D eigenvalue weighted by Crippen LogP contribution is 2.34. The molecule has 1 aliphatic heterocycles. The molecule has 5 heteroatoms. The number of fused-ring (bicyclic) bond motifs is 1. The van der Waals surface area contributed by atoms with Gasteiger partial charge in [0.1, 0.15) is 0 Å². The molecule has 1 aromatic carbocycles. The Morgan fingerprint density at radius 2 is 2.06 bits per heavy atom. The van der Waals surface area contributed by atoms with E-state index in [2.05, 4.69) is 5.32 Å². The molecule has 1 aromatic rings. The molecule has 0 radical (unpaired) electrons. The summed E-state index contributed by atoms with van der Waals surface area (Å²) in [5.41, 5.74) is 6.36. The van der Waals surface area contributed by atoms with Crippen LogP contribution < -0.4 is 20.5 Å². The van der Waals surface area contributed by atoms with Crippen molar-refractivity contribution in [2.45, 2.75) is 19.9 Å². The van der Waals surface area contributed by atoms with Crippen molar-refractivity contribution in [3.05, 3.63) is 18.2 Å². The molecule has 0 aliphatic carbocycles. The lowest BCUT2D eigenvalue weighted by atomic mass is 10.0. The van der Waals surface area contributed by atoms with Crippen LogP contribution in [-0.4, -0.2) is 18.7 Å². The number of anilines is 1. The number of hydrogen-bond acceptors (Lipinski definition) is 4. The highest BCUT2D eigenvalue weighted by Gasteiger charge is 2.18. The zero-order valence-electron chi connectivity index (χ0n) is 9.90. The first-order chi connectivity index (χ1) is 8.08. The Balaban J connectivity index is 2.07. The average molecular weight is 236 g/mol. The second kappa shape index (κ2) is 4.63. The molecule has 2 atom stereocenters. The number of carbonyl (C=O) groups excluding carboxylic acids is 1. The summed E-state index contributed by atoms with van der Waals surface area (Å²) in [7, 11) is 0. The number of amides is 1. The third kappa shape index (κ3) is 2.50. The maximum atomic E-state index is 11.8. The lowest BCUT2D eigenvalue weighted by Crippen LogP contribution is -2.34. The molecule has 0 spiro atoms. The summed E-state index contributed by atoms with van der Waals surface area (Å²) in [5, 5.41) is 2.80. The van der Waals surface area contributed by atoms with Gasteiger partial charge in [0.15, 0.2) is 11.5 Å². The van der Waals surface area contributed by atoms with E-state index in [-0.39, 0.29) is 24.7 Å². The lowest BCUT2D eigenvalue weighted by Gasteiger charge is -2.15. The van der Waals surface area contributed by atoms with Gasteiger partial charge in [-0.2, -0.15) is 0 Å². The first-order valence-corrected chi connectivity index (χ1v) is 5.54. The van der Waals surface area contributed by atoms with Gasteiger partial charge in [0, 0.05) is 17.8 Å². The number of hydrogen-bond donors (Lipinski definition) is 2. The summed E-state index contributed by atoms with van der Waals surface area (Å²) in [5.74, 6) is 1.01. The molecule has 1 amide bonds. The van der Waals surface area contributed by atoms with Gasteiger partial charge in [-0.3, -0.25) is 4.79 Å². The van der Waals surface area contributed by atoms with Crippen LogP contribution >= 0.6 is 0 Å². The molecular weight excluding hydrogens is 220 g/mol. The molecule has 1 heterocycles. The Morgan fingerprint density at radius 1 is 1.35 bits per heavy atom. The molecule has 0 saturated carbocycles. The van der Waals surface area contributed by atoms with E-state index in [1.54, 1.807) is 25.1 Å². The quantitative estimate of drug-likeness (QED) is 0.830. The van der Waals surface area contributed by atoms with Crippen LogP contribution in [-0.2, 0) is 4.79 Å². The molecule has 5 nitrogen and oxygen atoms in total. The minimum atomic E-state index is -0.236. The highest BCUT2D eigenvalue weighted by molar-refractivity contribution is 5.93. The van der Waals surface area contributed by atoms with Crippen LogP contribution in [0.25, 0.3) is 0 Å². The molecule has 0 saturated heterocycles. The maximum absolute atomic E-state index is 11.8. The molecule has 0 bridgehead atoms. The summed E-state index contributed by atoms with van der Waals surface area (Å²) < 4.78 is 10.4. The topological polar surface area (TPSA) is 73.6 Å². The van der Waals surface area contributed by atoms with Crippen LogP contribution in [0.5, 0.6) is 11.5 Å². The third-order valence-electron chi connectivity index (χ3n) is 2.84. The second-order valence-corrected chi connectivity index (χ2v) is 4.21. The van der Waals surface area contributed by atoms with Crippen LogP contribution in [0.1, 0.15) is 13.8 Å². The van der Waals surface area contributed by atoms with Gasteiger partial charge in [-0.1, -0.05) is 6.92 Å². The van der Waals surface area contributed by atoms with Gasteiger partial charge in [-0.25, -0.2) is 0 Å².